The van der Waals surface area contributed by atoms with Crippen LogP contribution in [0, 0.1) is 0 Å². The molecule has 0 N–H and O–H groups in total. The van der Waals surface area contributed by atoms with Gasteiger partial charge in [-0.05, 0) is 59.0 Å². The first kappa shape index (κ1) is 29.5. The van der Waals surface area contributed by atoms with Gasteiger partial charge in [-0.15, -0.1) is 11.3 Å². The summed E-state index contributed by atoms with van der Waals surface area (Å²) >= 11 is 1.79. The van der Waals surface area contributed by atoms with E-state index in [0.29, 0.717) is 17.5 Å². The van der Waals surface area contributed by atoms with E-state index >= 15 is 0 Å². The van der Waals surface area contributed by atoms with E-state index in [4.69, 9.17) is 19.4 Å². The van der Waals surface area contributed by atoms with Crippen molar-refractivity contribution in [1.82, 2.24) is 15.0 Å². The molecule has 0 bridgehead atoms. The molecular formula is C46H29N3OS. The lowest BCUT2D eigenvalue weighted by molar-refractivity contribution is 0.669. The lowest BCUT2D eigenvalue weighted by atomic mass is 9.97. The molecule has 1 aliphatic rings. The molecule has 0 aliphatic heterocycles. The van der Waals surface area contributed by atoms with Gasteiger partial charge in [-0.1, -0.05) is 133 Å². The summed E-state index contributed by atoms with van der Waals surface area (Å²) in [5.74, 6) is 1.87. The number of benzene rings is 6. The summed E-state index contributed by atoms with van der Waals surface area (Å²) in [7, 11) is 0. The third kappa shape index (κ3) is 5.18. The van der Waals surface area contributed by atoms with Crippen molar-refractivity contribution in [3.05, 3.63) is 175 Å². The van der Waals surface area contributed by atoms with Crippen LogP contribution in [-0.4, -0.2) is 15.0 Å². The van der Waals surface area contributed by atoms with Crippen molar-refractivity contribution in [2.75, 3.05) is 0 Å². The molecule has 1 aliphatic carbocycles. The van der Waals surface area contributed by atoms with E-state index in [0.717, 1.165) is 61.6 Å². The predicted molar refractivity (Wildman–Crippen MR) is 212 cm³/mol. The Labute approximate surface area is 298 Å². The molecular weight excluding hydrogens is 643 g/mol. The van der Waals surface area contributed by atoms with Crippen LogP contribution in [-0.2, 0) is 0 Å². The van der Waals surface area contributed by atoms with Gasteiger partial charge in [0.25, 0.3) is 0 Å². The third-order valence-corrected chi connectivity index (χ3v) is 10.8. The zero-order chi connectivity index (χ0) is 33.7. The Morgan fingerprint density at radius 1 is 0.510 bits per heavy atom. The molecule has 0 radical (unpaired) electrons. The highest BCUT2D eigenvalue weighted by molar-refractivity contribution is 7.25. The quantitative estimate of drug-likeness (QED) is 0.183. The predicted octanol–water partition coefficient (Wildman–Crippen LogP) is 12.6. The molecule has 0 saturated heterocycles. The standard InChI is InChI=1S/C46H29N3OS/c1-2-12-29(13-3-1)30-14-10-15-31(25-24-30)33-16-4-5-18-36(33)45-47-44(32-26-27-35-34-17-6-8-21-39(34)50-40(35)28-32)48-46(49-45)38-20-11-23-42-43(38)37-19-7-9-22-41(37)51-42/h1-23,25-28H,24H2. The molecule has 0 amide bonds. The van der Waals surface area contributed by atoms with Crippen molar-refractivity contribution in [3.63, 3.8) is 0 Å². The molecule has 10 rings (SSSR count). The van der Waals surface area contributed by atoms with E-state index < -0.39 is 0 Å². The third-order valence-electron chi connectivity index (χ3n) is 9.65. The Kier molecular flexibility index (Phi) is 7.03. The first-order valence-corrected chi connectivity index (χ1v) is 17.9. The second-order valence-corrected chi connectivity index (χ2v) is 13.8. The van der Waals surface area contributed by atoms with Crippen LogP contribution in [0.25, 0.3) is 87.4 Å². The maximum Gasteiger partial charge on any atom is 0.164 e. The fourth-order valence-corrected chi connectivity index (χ4v) is 8.32. The zero-order valence-electron chi connectivity index (χ0n) is 27.5. The van der Waals surface area contributed by atoms with Gasteiger partial charge < -0.3 is 4.42 Å². The molecule has 3 heterocycles. The molecule has 4 nitrogen and oxygen atoms in total. The Morgan fingerprint density at radius 2 is 1.20 bits per heavy atom. The largest absolute Gasteiger partial charge is 0.456 e. The average molecular weight is 672 g/mol. The van der Waals surface area contributed by atoms with Gasteiger partial charge in [-0.2, -0.15) is 0 Å². The summed E-state index contributed by atoms with van der Waals surface area (Å²) in [5, 5.41) is 4.53. The smallest absolute Gasteiger partial charge is 0.164 e. The summed E-state index contributed by atoms with van der Waals surface area (Å²) in [6, 6.07) is 48.4. The molecule has 0 spiro atoms. The number of hydrogen-bond donors (Lipinski definition) is 0. The van der Waals surface area contributed by atoms with Gasteiger partial charge in [0.05, 0.1) is 0 Å². The van der Waals surface area contributed by atoms with Crippen LogP contribution < -0.4 is 0 Å². The molecule has 3 aromatic heterocycles. The number of furan rings is 1. The highest BCUT2D eigenvalue weighted by atomic mass is 32.1. The highest BCUT2D eigenvalue weighted by Crippen LogP contribution is 2.41. The van der Waals surface area contributed by atoms with Crippen LogP contribution >= 0.6 is 11.3 Å². The number of para-hydroxylation sites is 1. The Morgan fingerprint density at radius 3 is 2.10 bits per heavy atom. The lowest BCUT2D eigenvalue weighted by Gasteiger charge is -2.13. The van der Waals surface area contributed by atoms with Crippen molar-refractivity contribution < 1.29 is 4.42 Å². The summed E-state index contributed by atoms with van der Waals surface area (Å²) in [6.45, 7) is 0. The second kappa shape index (κ2) is 12.2. The zero-order valence-corrected chi connectivity index (χ0v) is 28.3. The molecule has 0 unspecified atom stereocenters. The first-order chi connectivity index (χ1) is 25.3. The van der Waals surface area contributed by atoms with Gasteiger partial charge in [0.2, 0.25) is 0 Å². The van der Waals surface area contributed by atoms with E-state index in [2.05, 4.69) is 146 Å². The van der Waals surface area contributed by atoms with Gasteiger partial charge in [-0.3, -0.25) is 0 Å². The van der Waals surface area contributed by atoms with E-state index in [1.807, 2.05) is 18.2 Å². The van der Waals surface area contributed by atoms with Crippen LogP contribution in [0.4, 0.5) is 0 Å². The molecule has 5 heteroatoms. The summed E-state index contributed by atoms with van der Waals surface area (Å²) in [5.41, 5.74) is 9.20. The summed E-state index contributed by atoms with van der Waals surface area (Å²) in [6.07, 6.45) is 9.66. The van der Waals surface area contributed by atoms with Crippen LogP contribution in [0.1, 0.15) is 17.5 Å². The number of rotatable bonds is 5. The monoisotopic (exact) mass is 671 g/mol. The number of fused-ring (bicyclic) bond motifs is 6. The number of nitrogens with zero attached hydrogens (tertiary/aromatic N) is 3. The summed E-state index contributed by atoms with van der Waals surface area (Å²) in [4.78, 5) is 15.7. The van der Waals surface area contributed by atoms with Crippen LogP contribution in [0.5, 0.6) is 0 Å². The topological polar surface area (TPSA) is 51.8 Å². The molecule has 0 atom stereocenters. The second-order valence-electron chi connectivity index (χ2n) is 12.7. The Bertz CT molecular complexity index is 2890. The number of allylic oxidation sites excluding steroid dienone is 6. The minimum absolute atomic E-state index is 0.599. The summed E-state index contributed by atoms with van der Waals surface area (Å²) < 4.78 is 8.75. The number of thiophene rings is 1. The fourth-order valence-electron chi connectivity index (χ4n) is 7.19. The van der Waals surface area contributed by atoms with Gasteiger partial charge in [0.1, 0.15) is 11.2 Å². The minimum atomic E-state index is 0.599. The van der Waals surface area contributed by atoms with Crippen LogP contribution in [0.3, 0.4) is 0 Å². The van der Waals surface area contributed by atoms with E-state index in [9.17, 15) is 0 Å². The lowest BCUT2D eigenvalue weighted by Crippen LogP contribution is -2.02. The van der Waals surface area contributed by atoms with Crippen molar-refractivity contribution in [1.29, 1.82) is 0 Å². The fraction of sp³-hybridized carbons (Fsp3) is 0.0217. The first-order valence-electron chi connectivity index (χ1n) is 17.1. The van der Waals surface area contributed by atoms with Gasteiger partial charge in [0.15, 0.2) is 17.5 Å². The van der Waals surface area contributed by atoms with E-state index in [1.165, 1.54) is 25.9 Å². The molecule has 6 aromatic carbocycles. The van der Waals surface area contributed by atoms with Crippen molar-refractivity contribution in [2.24, 2.45) is 0 Å². The molecule has 51 heavy (non-hydrogen) atoms. The molecule has 0 saturated carbocycles. The van der Waals surface area contributed by atoms with E-state index in [1.54, 1.807) is 11.3 Å². The van der Waals surface area contributed by atoms with Gasteiger partial charge >= 0.3 is 0 Å². The SMILES string of the molecule is C1=CC(c2ccccc2-c2nc(-c3ccc4c(c3)oc3ccccc34)nc(-c3cccc4sc5ccccc5c34)n2)=CCC(c2ccccc2)=C1. The minimum Gasteiger partial charge on any atom is -0.456 e. The maximum absolute atomic E-state index is 6.30. The molecule has 0 fully saturated rings. The number of hydrogen-bond acceptors (Lipinski definition) is 5. The molecule has 9 aromatic rings. The van der Waals surface area contributed by atoms with Crippen molar-refractivity contribution in [3.8, 4) is 34.2 Å². The highest BCUT2D eigenvalue weighted by Gasteiger charge is 2.20. The van der Waals surface area contributed by atoms with Crippen LogP contribution in [0.15, 0.2) is 168 Å². The molecule has 240 valence electrons. The Balaban J connectivity index is 1.16. The maximum atomic E-state index is 6.30. The average Bonchev–Trinajstić information content (AvgIpc) is 3.66. The van der Waals surface area contributed by atoms with Crippen molar-refractivity contribution in [2.45, 2.75) is 6.42 Å². The normalized spacial score (nSPS) is 13.2. The van der Waals surface area contributed by atoms with Crippen LogP contribution in [0.2, 0.25) is 0 Å². The van der Waals surface area contributed by atoms with Crippen molar-refractivity contribution >= 4 is 64.6 Å². The number of aromatic nitrogens is 3. The Hall–Kier alpha value is -6.43. The van der Waals surface area contributed by atoms with Gasteiger partial charge in [-0.25, -0.2) is 15.0 Å². The van der Waals surface area contributed by atoms with E-state index in [-0.39, 0.29) is 0 Å². The van der Waals surface area contributed by atoms with Gasteiger partial charge in [0, 0.05) is 47.6 Å².